The molecule has 3 aromatic rings. The molecule has 1 aliphatic heterocycles. The summed E-state index contributed by atoms with van der Waals surface area (Å²) in [6.45, 7) is 1.59. The van der Waals surface area contributed by atoms with Gasteiger partial charge in [-0.25, -0.2) is 4.79 Å². The van der Waals surface area contributed by atoms with E-state index in [-0.39, 0.29) is 17.7 Å². The highest BCUT2D eigenvalue weighted by atomic mass is 16.6. The molecule has 0 amide bonds. The molecular formula is C25H22O3. The van der Waals surface area contributed by atoms with Crippen LogP contribution in [0.5, 0.6) is 0 Å². The maximum absolute atomic E-state index is 12.2. The maximum atomic E-state index is 12.2. The first-order valence-electron chi connectivity index (χ1n) is 9.50. The Morgan fingerprint density at radius 1 is 0.964 bits per heavy atom. The van der Waals surface area contributed by atoms with E-state index in [1.54, 1.807) is 6.92 Å². The lowest BCUT2D eigenvalue weighted by molar-refractivity contribution is -0.148. The molecule has 0 bridgehead atoms. The Hall–Kier alpha value is -3.20. The minimum Gasteiger partial charge on any atom is -0.451 e. The van der Waals surface area contributed by atoms with Crippen molar-refractivity contribution in [2.45, 2.75) is 31.3 Å². The summed E-state index contributed by atoms with van der Waals surface area (Å²) in [6.07, 6.45) is 4.16. The predicted molar refractivity (Wildman–Crippen MR) is 110 cm³/mol. The Labute approximate surface area is 164 Å². The molecule has 3 aromatic carbocycles. The van der Waals surface area contributed by atoms with Crippen molar-refractivity contribution >= 4 is 22.5 Å². The molecule has 2 atom stereocenters. The Bertz CT molecular complexity index is 1050. The van der Waals surface area contributed by atoms with Crippen molar-refractivity contribution in [1.82, 2.24) is 0 Å². The highest BCUT2D eigenvalue weighted by Gasteiger charge is 2.44. The van der Waals surface area contributed by atoms with Gasteiger partial charge in [0.15, 0.2) is 0 Å². The van der Waals surface area contributed by atoms with Crippen LogP contribution in [0.15, 0.2) is 84.9 Å². The van der Waals surface area contributed by atoms with Crippen molar-refractivity contribution in [1.29, 1.82) is 0 Å². The fourth-order valence-corrected chi connectivity index (χ4v) is 4.07. The van der Waals surface area contributed by atoms with Gasteiger partial charge < -0.3 is 9.53 Å². The van der Waals surface area contributed by atoms with Gasteiger partial charge in [0.1, 0.15) is 11.4 Å². The van der Waals surface area contributed by atoms with Gasteiger partial charge in [0, 0.05) is 24.8 Å². The molecule has 0 unspecified atom stereocenters. The first kappa shape index (κ1) is 18.2. The number of hydrogen-bond donors (Lipinski definition) is 0. The van der Waals surface area contributed by atoms with Crippen molar-refractivity contribution in [2.75, 3.05) is 0 Å². The van der Waals surface area contributed by atoms with E-state index in [4.69, 9.17) is 4.74 Å². The van der Waals surface area contributed by atoms with Gasteiger partial charge in [-0.05, 0) is 34.9 Å². The molecule has 0 saturated carbocycles. The van der Waals surface area contributed by atoms with E-state index in [2.05, 4.69) is 24.3 Å². The Balaban J connectivity index is 1.81. The number of carbonyl (C=O) groups excluding carboxylic acids is 2. The van der Waals surface area contributed by atoms with Crippen molar-refractivity contribution < 1.29 is 14.3 Å². The van der Waals surface area contributed by atoms with E-state index in [0.717, 1.165) is 21.9 Å². The van der Waals surface area contributed by atoms with Gasteiger partial charge in [0.25, 0.3) is 0 Å². The second-order valence-corrected chi connectivity index (χ2v) is 7.44. The second-order valence-electron chi connectivity index (χ2n) is 7.44. The van der Waals surface area contributed by atoms with Gasteiger partial charge in [0.2, 0.25) is 0 Å². The number of hydrogen-bond acceptors (Lipinski definition) is 3. The van der Waals surface area contributed by atoms with Gasteiger partial charge >= 0.3 is 5.97 Å². The monoisotopic (exact) mass is 370 g/mol. The average Bonchev–Trinajstić information content (AvgIpc) is 3.07. The third kappa shape index (κ3) is 3.61. The maximum Gasteiger partial charge on any atom is 0.331 e. The molecule has 1 aliphatic rings. The minimum absolute atomic E-state index is 0.0712. The van der Waals surface area contributed by atoms with Crippen LogP contribution in [-0.2, 0) is 20.7 Å². The van der Waals surface area contributed by atoms with Crippen LogP contribution in [0.1, 0.15) is 30.4 Å². The van der Waals surface area contributed by atoms with E-state index >= 15 is 0 Å². The van der Waals surface area contributed by atoms with E-state index in [9.17, 15) is 9.59 Å². The van der Waals surface area contributed by atoms with E-state index < -0.39 is 5.60 Å². The number of Topliss-reactive ketones (excluding diaryl/α,β-unsaturated/α-hetero) is 1. The van der Waals surface area contributed by atoms with Crippen LogP contribution in [0.4, 0.5) is 0 Å². The summed E-state index contributed by atoms with van der Waals surface area (Å²) in [7, 11) is 0. The standard InChI is InChI=1S/C25H22O3/c1-18(26)15-23(22-12-11-20-9-5-6-10-21(20)16-22)25(14-13-24(27)28-25)17-19-7-3-2-4-8-19/h2-14,16,23H,15,17H2,1H3/t23-,25-/m1/s1. The molecule has 3 nitrogen and oxygen atoms in total. The third-order valence-electron chi connectivity index (χ3n) is 5.37. The molecule has 28 heavy (non-hydrogen) atoms. The van der Waals surface area contributed by atoms with Crippen LogP contribution in [0.2, 0.25) is 0 Å². The number of fused-ring (bicyclic) bond motifs is 1. The SMILES string of the molecule is CC(=O)C[C@H](c1ccc2ccccc2c1)[C@]1(Cc2ccccc2)C=CC(=O)O1. The van der Waals surface area contributed by atoms with Gasteiger partial charge in [-0.1, -0.05) is 72.8 Å². The lowest BCUT2D eigenvalue weighted by atomic mass is 9.75. The van der Waals surface area contributed by atoms with Gasteiger partial charge in [-0.2, -0.15) is 0 Å². The van der Waals surface area contributed by atoms with Crippen LogP contribution in [0.25, 0.3) is 10.8 Å². The van der Waals surface area contributed by atoms with Gasteiger partial charge in [0.05, 0.1) is 0 Å². The number of esters is 1. The summed E-state index contributed by atoms with van der Waals surface area (Å²) < 4.78 is 5.88. The molecule has 0 radical (unpaired) electrons. The van der Waals surface area contributed by atoms with E-state index in [1.165, 1.54) is 6.08 Å². The lowest BCUT2D eigenvalue weighted by Gasteiger charge is -2.35. The summed E-state index contributed by atoms with van der Waals surface area (Å²) in [4.78, 5) is 24.2. The Kier molecular flexibility index (Phi) is 4.82. The van der Waals surface area contributed by atoms with E-state index in [0.29, 0.717) is 12.8 Å². The summed E-state index contributed by atoms with van der Waals surface area (Å²) in [5.74, 6) is -0.537. The number of benzene rings is 3. The first-order chi connectivity index (χ1) is 13.6. The molecule has 0 aliphatic carbocycles. The van der Waals surface area contributed by atoms with Gasteiger partial charge in [-0.15, -0.1) is 0 Å². The molecule has 0 saturated heterocycles. The zero-order valence-electron chi connectivity index (χ0n) is 15.8. The Morgan fingerprint density at radius 3 is 2.36 bits per heavy atom. The second kappa shape index (κ2) is 7.43. The van der Waals surface area contributed by atoms with Gasteiger partial charge in [-0.3, -0.25) is 0 Å². The van der Waals surface area contributed by atoms with Crippen LogP contribution >= 0.6 is 0 Å². The van der Waals surface area contributed by atoms with Crippen LogP contribution in [0, 0.1) is 0 Å². The zero-order chi connectivity index (χ0) is 19.6. The van der Waals surface area contributed by atoms with Crippen LogP contribution in [-0.4, -0.2) is 17.4 Å². The smallest absolute Gasteiger partial charge is 0.331 e. The number of ketones is 1. The highest BCUT2D eigenvalue weighted by Crippen LogP contribution is 2.42. The largest absolute Gasteiger partial charge is 0.451 e. The zero-order valence-corrected chi connectivity index (χ0v) is 15.8. The van der Waals surface area contributed by atoms with Crippen molar-refractivity contribution in [2.24, 2.45) is 0 Å². The number of cyclic esters (lactones) is 1. The summed E-state index contributed by atoms with van der Waals surface area (Å²) >= 11 is 0. The molecule has 0 spiro atoms. The Morgan fingerprint density at radius 2 is 1.68 bits per heavy atom. The topological polar surface area (TPSA) is 43.4 Å². The molecule has 1 heterocycles. The third-order valence-corrected chi connectivity index (χ3v) is 5.37. The van der Waals surface area contributed by atoms with Crippen molar-refractivity contribution in [3.05, 3.63) is 96.1 Å². The quantitative estimate of drug-likeness (QED) is 0.574. The molecule has 0 fully saturated rings. The molecule has 3 heteroatoms. The summed E-state index contributed by atoms with van der Waals surface area (Å²) in [5.41, 5.74) is 1.20. The summed E-state index contributed by atoms with van der Waals surface area (Å²) in [5, 5.41) is 2.25. The van der Waals surface area contributed by atoms with E-state index in [1.807, 2.05) is 54.6 Å². The average molecular weight is 370 g/mol. The predicted octanol–water partition coefficient (Wildman–Crippen LogP) is 5.00. The fourth-order valence-electron chi connectivity index (χ4n) is 4.07. The lowest BCUT2D eigenvalue weighted by Crippen LogP contribution is -2.39. The van der Waals surface area contributed by atoms with Crippen molar-refractivity contribution in [3.8, 4) is 0 Å². The first-order valence-corrected chi connectivity index (χ1v) is 9.50. The highest BCUT2D eigenvalue weighted by molar-refractivity contribution is 5.87. The normalized spacial score (nSPS) is 19.5. The molecule has 4 rings (SSSR count). The molecule has 140 valence electrons. The van der Waals surface area contributed by atoms with Crippen LogP contribution < -0.4 is 0 Å². The molecule has 0 N–H and O–H groups in total. The number of ether oxygens (including phenoxy) is 1. The molecule has 0 aromatic heterocycles. The molecular weight excluding hydrogens is 348 g/mol. The fraction of sp³-hybridized carbons (Fsp3) is 0.200. The van der Waals surface area contributed by atoms with Crippen LogP contribution in [0.3, 0.4) is 0 Å². The number of rotatable bonds is 6. The number of carbonyl (C=O) groups is 2. The minimum atomic E-state index is -0.868. The van der Waals surface area contributed by atoms with Crippen molar-refractivity contribution in [3.63, 3.8) is 0 Å². The summed E-state index contributed by atoms with van der Waals surface area (Å²) in [6, 6.07) is 24.3.